The molecule has 6 nitrogen and oxygen atoms in total. The van der Waals surface area contributed by atoms with Crippen molar-refractivity contribution in [3.05, 3.63) is 24.3 Å². The van der Waals surface area contributed by atoms with E-state index in [1.54, 1.807) is 31.2 Å². The van der Waals surface area contributed by atoms with E-state index in [0.29, 0.717) is 24.5 Å². The Kier molecular flexibility index (Phi) is 6.17. The van der Waals surface area contributed by atoms with Crippen LogP contribution in [-0.4, -0.2) is 35.8 Å². The summed E-state index contributed by atoms with van der Waals surface area (Å²) in [7, 11) is 0. The molecule has 0 fully saturated rings. The lowest BCUT2D eigenvalue weighted by molar-refractivity contribution is -0.139. The third kappa shape index (κ3) is 5.07. The molecule has 0 aliphatic rings. The molecule has 1 aromatic rings. The molecule has 0 aliphatic carbocycles. The van der Waals surface area contributed by atoms with Crippen LogP contribution < -0.4 is 10.1 Å². The lowest BCUT2D eigenvalue weighted by atomic mass is 10.0. The van der Waals surface area contributed by atoms with E-state index in [-0.39, 0.29) is 5.91 Å². The average molecular weight is 295 g/mol. The van der Waals surface area contributed by atoms with Gasteiger partial charge in [-0.2, -0.15) is 0 Å². The van der Waals surface area contributed by atoms with Crippen molar-refractivity contribution in [2.75, 3.05) is 18.5 Å². The zero-order chi connectivity index (χ0) is 15.9. The number of nitrogens with one attached hydrogen (secondary N) is 1. The summed E-state index contributed by atoms with van der Waals surface area (Å²) in [6, 6.07) is 6.50. The number of hydrogen-bond donors (Lipinski definition) is 2. The molecular formula is C15H21NO5. The van der Waals surface area contributed by atoms with Crippen LogP contribution >= 0.6 is 0 Å². The minimum absolute atomic E-state index is 0.217. The summed E-state index contributed by atoms with van der Waals surface area (Å²) in [6.45, 7) is 5.54. The van der Waals surface area contributed by atoms with Crippen LogP contribution in [0.3, 0.4) is 0 Å². The maximum Gasteiger partial charge on any atom is 0.341 e. The van der Waals surface area contributed by atoms with Gasteiger partial charge < -0.3 is 19.9 Å². The quantitative estimate of drug-likeness (QED) is 0.768. The van der Waals surface area contributed by atoms with Gasteiger partial charge in [0.1, 0.15) is 11.4 Å². The van der Waals surface area contributed by atoms with Crippen LogP contribution in [0.25, 0.3) is 0 Å². The molecule has 0 aliphatic heterocycles. The number of carbonyl (C=O) groups is 2. The van der Waals surface area contributed by atoms with Crippen molar-refractivity contribution >= 4 is 17.6 Å². The second kappa shape index (κ2) is 7.64. The first kappa shape index (κ1) is 17.0. The summed E-state index contributed by atoms with van der Waals surface area (Å²) in [5.41, 5.74) is -0.269. The van der Waals surface area contributed by atoms with E-state index >= 15 is 0 Å². The highest BCUT2D eigenvalue weighted by Crippen LogP contribution is 2.20. The molecule has 1 aromatic carbocycles. The van der Waals surface area contributed by atoms with E-state index in [4.69, 9.17) is 14.6 Å². The van der Waals surface area contributed by atoms with E-state index in [1.807, 2.05) is 13.8 Å². The number of hydrogen-bond acceptors (Lipinski definition) is 4. The maximum absolute atomic E-state index is 12.2. The number of benzene rings is 1. The van der Waals surface area contributed by atoms with Crippen LogP contribution in [0, 0.1) is 0 Å². The summed E-state index contributed by atoms with van der Waals surface area (Å²) < 4.78 is 10.5. The van der Waals surface area contributed by atoms with Crippen LogP contribution in [0.5, 0.6) is 5.75 Å². The Labute approximate surface area is 124 Å². The molecule has 0 aromatic heterocycles. The summed E-state index contributed by atoms with van der Waals surface area (Å²) in [5.74, 6) is -0.827. The van der Waals surface area contributed by atoms with Gasteiger partial charge >= 0.3 is 5.97 Å². The fourth-order valence-electron chi connectivity index (χ4n) is 1.69. The smallest absolute Gasteiger partial charge is 0.341 e. The number of carbonyl (C=O) groups excluding carboxylic acids is 1. The van der Waals surface area contributed by atoms with Crippen LogP contribution in [-0.2, 0) is 14.3 Å². The Bertz CT molecular complexity index is 485. The minimum atomic E-state index is -1.04. The Morgan fingerprint density at radius 3 is 2.33 bits per heavy atom. The van der Waals surface area contributed by atoms with E-state index in [0.717, 1.165) is 0 Å². The van der Waals surface area contributed by atoms with Gasteiger partial charge in [-0.15, -0.1) is 0 Å². The Hall–Kier alpha value is -2.08. The van der Waals surface area contributed by atoms with Gasteiger partial charge in [0.15, 0.2) is 6.61 Å². The summed E-state index contributed by atoms with van der Waals surface area (Å²) in [4.78, 5) is 22.6. The number of carboxylic acids is 1. The van der Waals surface area contributed by atoms with Crippen molar-refractivity contribution < 1.29 is 24.2 Å². The molecule has 0 spiro atoms. The third-order valence-electron chi connectivity index (χ3n) is 3.09. The molecule has 1 amide bonds. The second-order valence-electron chi connectivity index (χ2n) is 4.68. The highest BCUT2D eigenvalue weighted by Gasteiger charge is 2.31. The Balaban J connectivity index is 2.66. The average Bonchev–Trinajstić information content (AvgIpc) is 2.46. The molecule has 0 saturated heterocycles. The lowest BCUT2D eigenvalue weighted by Gasteiger charge is -2.26. The van der Waals surface area contributed by atoms with Crippen LogP contribution in [0.4, 0.5) is 5.69 Å². The minimum Gasteiger partial charge on any atom is -0.482 e. The van der Waals surface area contributed by atoms with E-state index in [1.165, 1.54) is 0 Å². The fraction of sp³-hybridized carbons (Fsp3) is 0.467. The summed E-state index contributed by atoms with van der Waals surface area (Å²) in [6.07, 6.45) is 0.562. The van der Waals surface area contributed by atoms with E-state index in [9.17, 15) is 9.59 Å². The molecule has 0 heterocycles. The monoisotopic (exact) mass is 295 g/mol. The molecule has 1 atom stereocenters. The molecule has 0 saturated carbocycles. The zero-order valence-electron chi connectivity index (χ0n) is 12.5. The van der Waals surface area contributed by atoms with Crippen molar-refractivity contribution in [3.8, 4) is 5.75 Å². The number of carboxylic acid groups (broad SMARTS) is 1. The molecule has 0 unspecified atom stereocenters. The SMILES string of the molecule is CCO[C@@](C)(CC)C(=O)Nc1ccc(OCC(=O)O)cc1. The van der Waals surface area contributed by atoms with Gasteiger partial charge in [-0.3, -0.25) is 4.79 Å². The normalized spacial score (nSPS) is 13.3. The van der Waals surface area contributed by atoms with Crippen LogP contribution in [0.2, 0.25) is 0 Å². The number of ether oxygens (including phenoxy) is 2. The molecular weight excluding hydrogens is 274 g/mol. The van der Waals surface area contributed by atoms with E-state index < -0.39 is 18.2 Å². The van der Waals surface area contributed by atoms with Crippen molar-refractivity contribution in [2.24, 2.45) is 0 Å². The van der Waals surface area contributed by atoms with Gasteiger partial charge in [0.05, 0.1) is 0 Å². The predicted molar refractivity (Wildman–Crippen MR) is 78.5 cm³/mol. The van der Waals surface area contributed by atoms with Gasteiger partial charge in [0.25, 0.3) is 5.91 Å². The predicted octanol–water partition coefficient (Wildman–Crippen LogP) is 2.29. The van der Waals surface area contributed by atoms with Gasteiger partial charge in [-0.25, -0.2) is 4.79 Å². The zero-order valence-corrected chi connectivity index (χ0v) is 12.5. The fourth-order valence-corrected chi connectivity index (χ4v) is 1.69. The molecule has 21 heavy (non-hydrogen) atoms. The number of rotatable bonds is 8. The molecule has 6 heteroatoms. The maximum atomic E-state index is 12.2. The summed E-state index contributed by atoms with van der Waals surface area (Å²) in [5, 5.41) is 11.3. The van der Waals surface area contributed by atoms with Gasteiger partial charge in [-0.05, 0) is 44.5 Å². The third-order valence-corrected chi connectivity index (χ3v) is 3.09. The first-order valence-corrected chi connectivity index (χ1v) is 6.81. The number of amides is 1. The van der Waals surface area contributed by atoms with Crippen LogP contribution in [0.1, 0.15) is 27.2 Å². The Morgan fingerprint density at radius 1 is 1.24 bits per heavy atom. The van der Waals surface area contributed by atoms with Gasteiger partial charge in [0.2, 0.25) is 0 Å². The van der Waals surface area contributed by atoms with Crippen molar-refractivity contribution in [1.29, 1.82) is 0 Å². The van der Waals surface area contributed by atoms with Crippen LogP contribution in [0.15, 0.2) is 24.3 Å². The first-order valence-electron chi connectivity index (χ1n) is 6.81. The first-order chi connectivity index (χ1) is 9.91. The largest absolute Gasteiger partial charge is 0.482 e. The van der Waals surface area contributed by atoms with Crippen molar-refractivity contribution in [3.63, 3.8) is 0 Å². The van der Waals surface area contributed by atoms with Crippen molar-refractivity contribution in [1.82, 2.24) is 0 Å². The highest BCUT2D eigenvalue weighted by atomic mass is 16.5. The van der Waals surface area contributed by atoms with Gasteiger partial charge in [0, 0.05) is 12.3 Å². The standard InChI is InChI=1S/C15H21NO5/c1-4-15(3,21-5-2)14(19)16-11-6-8-12(9-7-11)20-10-13(17)18/h6-9H,4-5,10H2,1-3H3,(H,16,19)(H,17,18)/t15-/m0/s1. The summed E-state index contributed by atoms with van der Waals surface area (Å²) >= 11 is 0. The molecule has 1 rings (SSSR count). The number of anilines is 1. The second-order valence-corrected chi connectivity index (χ2v) is 4.68. The topological polar surface area (TPSA) is 84.9 Å². The highest BCUT2D eigenvalue weighted by molar-refractivity contribution is 5.97. The molecule has 0 bridgehead atoms. The lowest BCUT2D eigenvalue weighted by Crippen LogP contribution is -2.42. The van der Waals surface area contributed by atoms with Crippen molar-refractivity contribution in [2.45, 2.75) is 32.8 Å². The van der Waals surface area contributed by atoms with E-state index in [2.05, 4.69) is 5.32 Å². The van der Waals surface area contributed by atoms with Gasteiger partial charge in [-0.1, -0.05) is 6.92 Å². The molecule has 0 radical (unpaired) electrons. The Morgan fingerprint density at radius 2 is 1.86 bits per heavy atom. The molecule has 116 valence electrons. The molecule has 2 N–H and O–H groups in total. The number of aliphatic carboxylic acids is 1.